The van der Waals surface area contributed by atoms with Crippen LogP contribution in [0.2, 0.25) is 0 Å². The highest BCUT2D eigenvalue weighted by Gasteiger charge is 1.95. The van der Waals surface area contributed by atoms with Gasteiger partial charge in [-0.1, -0.05) is 82.8 Å². The number of urea groups is 1. The van der Waals surface area contributed by atoms with Gasteiger partial charge in [-0.05, 0) is 24.6 Å². The molecule has 0 aromatic rings. The van der Waals surface area contributed by atoms with Gasteiger partial charge in [-0.15, -0.1) is 0 Å². The maximum absolute atomic E-state index is 10.8. The normalized spacial score (nSPS) is 10.5. The van der Waals surface area contributed by atoms with Gasteiger partial charge in [-0.2, -0.15) is 0 Å². The molecule has 0 aromatic heterocycles. The van der Waals surface area contributed by atoms with Crippen LogP contribution in [-0.2, 0) is 0 Å². The molecular formula is C17H36N4OS. The minimum Gasteiger partial charge on any atom is -0.275 e. The fraction of sp³-hybridized carbons (Fsp3) is 0.882. The molecule has 136 valence electrons. The van der Waals surface area contributed by atoms with E-state index >= 15 is 0 Å². The number of carbonyl (C=O) groups is 1. The van der Waals surface area contributed by atoms with Crippen LogP contribution < -0.4 is 22.1 Å². The lowest BCUT2D eigenvalue weighted by Gasteiger charge is -2.06. The van der Waals surface area contributed by atoms with Crippen LogP contribution in [0.4, 0.5) is 4.79 Å². The molecule has 0 heterocycles. The van der Waals surface area contributed by atoms with Gasteiger partial charge in [0.1, 0.15) is 0 Å². The second-order valence-electron chi connectivity index (χ2n) is 6.08. The van der Waals surface area contributed by atoms with Crippen LogP contribution in [0.25, 0.3) is 0 Å². The van der Waals surface area contributed by atoms with Gasteiger partial charge in [-0.25, -0.2) is 16.1 Å². The molecule has 0 atom stereocenters. The van der Waals surface area contributed by atoms with Crippen molar-refractivity contribution in [1.82, 2.24) is 16.3 Å². The molecule has 0 saturated carbocycles. The summed E-state index contributed by atoms with van der Waals surface area (Å²) in [6.07, 6.45) is 18.3. The highest BCUT2D eigenvalue weighted by Crippen LogP contribution is 2.12. The molecule has 0 aromatic carbocycles. The summed E-state index contributed by atoms with van der Waals surface area (Å²) < 4.78 is 0. The van der Waals surface area contributed by atoms with E-state index in [1.54, 1.807) is 0 Å². The maximum atomic E-state index is 10.8. The SMILES string of the molecule is NNC(=O)NNCCCCCCCCCCCCCCCC=S. The largest absolute Gasteiger partial charge is 0.343 e. The van der Waals surface area contributed by atoms with Crippen molar-refractivity contribution in [2.75, 3.05) is 6.54 Å². The summed E-state index contributed by atoms with van der Waals surface area (Å²) in [5.41, 5.74) is 7.29. The Kier molecular flexibility index (Phi) is 18.7. The number of rotatable bonds is 17. The lowest BCUT2D eigenvalue weighted by atomic mass is 10.0. The summed E-state index contributed by atoms with van der Waals surface area (Å²) in [4.78, 5) is 10.8. The van der Waals surface area contributed by atoms with Crippen LogP contribution in [0, 0.1) is 0 Å². The first-order chi connectivity index (χ1) is 11.3. The van der Waals surface area contributed by atoms with Gasteiger partial charge in [0, 0.05) is 6.54 Å². The van der Waals surface area contributed by atoms with Crippen LogP contribution in [0.15, 0.2) is 0 Å². The number of hydrogen-bond acceptors (Lipinski definition) is 4. The number of nitrogens with one attached hydrogen (secondary N) is 3. The quantitative estimate of drug-likeness (QED) is 0.105. The summed E-state index contributed by atoms with van der Waals surface area (Å²) in [7, 11) is 0. The van der Waals surface area contributed by atoms with Crippen molar-refractivity contribution in [3.05, 3.63) is 0 Å². The number of amides is 2. The molecule has 0 unspecified atom stereocenters. The number of nitrogens with two attached hydrogens (primary N) is 1. The molecule has 0 spiro atoms. The summed E-state index contributed by atoms with van der Waals surface area (Å²) >= 11 is 4.82. The van der Waals surface area contributed by atoms with Gasteiger partial charge in [-0.3, -0.25) is 10.9 Å². The van der Waals surface area contributed by atoms with Gasteiger partial charge >= 0.3 is 6.03 Å². The van der Waals surface area contributed by atoms with Gasteiger partial charge in [0.05, 0.1) is 0 Å². The van der Waals surface area contributed by atoms with E-state index < -0.39 is 6.03 Å². The molecule has 0 bridgehead atoms. The Morgan fingerprint density at radius 1 is 0.783 bits per heavy atom. The predicted molar refractivity (Wildman–Crippen MR) is 102 cm³/mol. The fourth-order valence-corrected chi connectivity index (χ4v) is 2.73. The third kappa shape index (κ3) is 19.2. The molecular weight excluding hydrogens is 308 g/mol. The third-order valence-corrected chi connectivity index (χ3v) is 4.19. The monoisotopic (exact) mass is 344 g/mol. The van der Waals surface area contributed by atoms with E-state index in [0.29, 0.717) is 0 Å². The number of carbonyl (C=O) groups excluding carboxylic acids is 1. The van der Waals surface area contributed by atoms with Crippen LogP contribution in [0.1, 0.15) is 89.9 Å². The lowest BCUT2D eigenvalue weighted by Crippen LogP contribution is -2.47. The van der Waals surface area contributed by atoms with E-state index in [-0.39, 0.29) is 0 Å². The molecule has 0 aliphatic rings. The Hall–Kier alpha value is -0.720. The number of thiocarbonyl (C=S) groups is 1. The Balaban J connectivity index is 3.00. The first kappa shape index (κ1) is 22.3. The molecule has 0 rings (SSSR count). The summed E-state index contributed by atoms with van der Waals surface area (Å²) in [5, 5.41) is 1.85. The van der Waals surface area contributed by atoms with Crippen LogP contribution in [-0.4, -0.2) is 17.9 Å². The number of unbranched alkanes of at least 4 members (excludes halogenated alkanes) is 13. The second kappa shape index (κ2) is 19.3. The highest BCUT2D eigenvalue weighted by atomic mass is 32.1. The molecule has 0 aliphatic heterocycles. The molecule has 6 heteroatoms. The van der Waals surface area contributed by atoms with Gasteiger partial charge < -0.3 is 0 Å². The average Bonchev–Trinajstić information content (AvgIpc) is 2.57. The molecule has 23 heavy (non-hydrogen) atoms. The molecule has 0 saturated heterocycles. The molecule has 5 N–H and O–H groups in total. The minimum atomic E-state index is -0.403. The Morgan fingerprint density at radius 2 is 1.22 bits per heavy atom. The molecule has 0 radical (unpaired) electrons. The molecule has 0 fully saturated rings. The number of hydrogen-bond donors (Lipinski definition) is 4. The second-order valence-corrected chi connectivity index (χ2v) is 6.41. The zero-order chi connectivity index (χ0) is 17.0. The van der Waals surface area contributed by atoms with Gasteiger partial charge in [0.2, 0.25) is 0 Å². The summed E-state index contributed by atoms with van der Waals surface area (Å²) in [6.45, 7) is 0.790. The predicted octanol–water partition coefficient (Wildman–Crippen LogP) is 4.13. The number of hydrazine groups is 2. The summed E-state index contributed by atoms with van der Waals surface area (Å²) in [6, 6.07) is -0.403. The van der Waals surface area contributed by atoms with Crippen LogP contribution in [0.5, 0.6) is 0 Å². The van der Waals surface area contributed by atoms with Crippen molar-refractivity contribution >= 4 is 23.6 Å². The van der Waals surface area contributed by atoms with E-state index in [9.17, 15) is 4.79 Å². The van der Waals surface area contributed by atoms with E-state index in [1.165, 1.54) is 77.0 Å². The highest BCUT2D eigenvalue weighted by molar-refractivity contribution is 7.78. The fourth-order valence-electron chi connectivity index (χ4n) is 2.56. The zero-order valence-corrected chi connectivity index (χ0v) is 15.4. The van der Waals surface area contributed by atoms with Gasteiger partial charge in [0.25, 0.3) is 0 Å². The molecule has 2 amide bonds. The lowest BCUT2D eigenvalue weighted by molar-refractivity contribution is 0.236. The first-order valence-corrected chi connectivity index (χ1v) is 9.71. The van der Waals surface area contributed by atoms with E-state index in [1.807, 2.05) is 10.8 Å². The summed E-state index contributed by atoms with van der Waals surface area (Å²) in [5.74, 6) is 4.94. The van der Waals surface area contributed by atoms with Crippen molar-refractivity contribution in [1.29, 1.82) is 0 Å². The maximum Gasteiger partial charge on any atom is 0.343 e. The van der Waals surface area contributed by atoms with E-state index in [2.05, 4.69) is 10.9 Å². The third-order valence-electron chi connectivity index (χ3n) is 3.96. The van der Waals surface area contributed by atoms with Crippen molar-refractivity contribution in [3.63, 3.8) is 0 Å². The van der Waals surface area contributed by atoms with Crippen molar-refractivity contribution in [2.24, 2.45) is 5.84 Å². The standard InChI is InChI=1S/C17H36N4OS/c18-20-17(22)21-19-15-13-11-9-7-5-3-1-2-4-6-8-10-12-14-16-23/h16,19H,1-15,18H2,(H2,20,21,22). The Bertz CT molecular complexity index is 277. The average molecular weight is 345 g/mol. The van der Waals surface area contributed by atoms with Crippen molar-refractivity contribution in [2.45, 2.75) is 89.9 Å². The van der Waals surface area contributed by atoms with E-state index in [4.69, 9.17) is 18.1 Å². The minimum absolute atomic E-state index is 0.403. The van der Waals surface area contributed by atoms with Crippen molar-refractivity contribution in [3.8, 4) is 0 Å². The smallest absolute Gasteiger partial charge is 0.275 e. The van der Waals surface area contributed by atoms with Crippen LogP contribution >= 0.6 is 12.2 Å². The van der Waals surface area contributed by atoms with Crippen LogP contribution in [0.3, 0.4) is 0 Å². The topological polar surface area (TPSA) is 79.2 Å². The van der Waals surface area contributed by atoms with E-state index in [0.717, 1.165) is 19.4 Å². The zero-order valence-electron chi connectivity index (χ0n) is 14.6. The molecule has 5 nitrogen and oxygen atoms in total. The van der Waals surface area contributed by atoms with Crippen molar-refractivity contribution < 1.29 is 4.79 Å². The van der Waals surface area contributed by atoms with Gasteiger partial charge in [0.15, 0.2) is 0 Å². The Labute approximate surface area is 147 Å². The Morgan fingerprint density at radius 3 is 1.65 bits per heavy atom. The molecule has 0 aliphatic carbocycles. The first-order valence-electron chi connectivity index (χ1n) is 9.24.